The van der Waals surface area contributed by atoms with Gasteiger partial charge in [-0.25, -0.2) is 0 Å². The molecule has 4 heterocycles. The zero-order chi connectivity index (χ0) is 39.4. The monoisotopic (exact) mass is 782 g/mol. The van der Waals surface area contributed by atoms with Crippen molar-refractivity contribution in [2.45, 2.75) is 0 Å². The topological polar surface area (TPSA) is 26.6 Å². The summed E-state index contributed by atoms with van der Waals surface area (Å²) in [6, 6.07) is 77.8. The molecule has 0 spiro atoms. The molecular formula is C54H35BN2O2Si. The molecule has 0 unspecified atom stereocenters. The van der Waals surface area contributed by atoms with Crippen LogP contribution in [0.3, 0.4) is 0 Å². The lowest BCUT2D eigenvalue weighted by Crippen LogP contribution is -2.77. The molecule has 0 aliphatic carbocycles. The maximum atomic E-state index is 6.72. The lowest BCUT2D eigenvalue weighted by molar-refractivity contribution is 0.464. The Kier molecular flexibility index (Phi) is 7.09. The number of ether oxygens (including phenoxy) is 2. The van der Waals surface area contributed by atoms with Gasteiger partial charge >= 0.3 is 0 Å². The Morgan fingerprint density at radius 1 is 0.383 bits per heavy atom. The van der Waals surface area contributed by atoms with E-state index in [2.05, 4.69) is 216 Å². The van der Waals surface area contributed by atoms with Crippen LogP contribution in [0.5, 0.6) is 23.0 Å². The highest BCUT2D eigenvalue weighted by Gasteiger charge is 2.49. The molecule has 0 fully saturated rings. The maximum Gasteiger partial charge on any atom is 0.260 e. The van der Waals surface area contributed by atoms with Crippen molar-refractivity contribution in [2.75, 3.05) is 4.90 Å². The summed E-state index contributed by atoms with van der Waals surface area (Å²) in [5.41, 5.74) is 10.3. The normalized spacial score (nSPS) is 14.0. The number of anilines is 3. The Labute approximate surface area is 349 Å². The van der Waals surface area contributed by atoms with Crippen LogP contribution < -0.4 is 51.5 Å². The minimum atomic E-state index is -2.90. The molecule has 1 aromatic heterocycles. The van der Waals surface area contributed by atoms with Crippen molar-refractivity contribution < 1.29 is 9.47 Å². The van der Waals surface area contributed by atoms with Crippen LogP contribution in [-0.4, -0.2) is 19.4 Å². The summed E-state index contributed by atoms with van der Waals surface area (Å²) in [6.07, 6.45) is 0. The molecule has 0 N–H and O–H groups in total. The number of hydrogen-bond acceptors (Lipinski definition) is 3. The zero-order valence-electron chi connectivity index (χ0n) is 32.5. The quantitative estimate of drug-likeness (QED) is 0.167. The third kappa shape index (κ3) is 4.56. The minimum absolute atomic E-state index is 0.0459. The van der Waals surface area contributed by atoms with Gasteiger partial charge in [0.25, 0.3) is 6.71 Å². The molecule has 3 aliphatic rings. The number of nitrogens with zero attached hydrogens (tertiary/aromatic N) is 2. The van der Waals surface area contributed by atoms with Crippen molar-refractivity contribution >= 4 is 90.8 Å². The maximum absolute atomic E-state index is 6.72. The van der Waals surface area contributed by atoms with Crippen LogP contribution in [-0.2, 0) is 0 Å². The highest BCUT2D eigenvalue weighted by molar-refractivity contribution is 7.21. The van der Waals surface area contributed by atoms with Crippen molar-refractivity contribution in [3.63, 3.8) is 0 Å². The predicted molar refractivity (Wildman–Crippen MR) is 250 cm³/mol. The van der Waals surface area contributed by atoms with Crippen molar-refractivity contribution in [3.05, 3.63) is 212 Å². The zero-order valence-corrected chi connectivity index (χ0v) is 33.5. The second-order valence-corrected chi connectivity index (χ2v) is 19.7. The number of hydrogen-bond donors (Lipinski definition) is 0. The van der Waals surface area contributed by atoms with Gasteiger partial charge in [0.05, 0.1) is 11.0 Å². The van der Waals surface area contributed by atoms with Gasteiger partial charge in [-0.3, -0.25) is 0 Å². The van der Waals surface area contributed by atoms with Gasteiger partial charge in [-0.15, -0.1) is 0 Å². The van der Waals surface area contributed by atoms with Gasteiger partial charge < -0.3 is 18.9 Å². The Morgan fingerprint density at radius 3 is 1.65 bits per heavy atom. The summed E-state index contributed by atoms with van der Waals surface area (Å²) in [5, 5.41) is 7.92. The molecule has 6 heteroatoms. The van der Waals surface area contributed by atoms with E-state index in [1.165, 1.54) is 53.9 Å². The molecule has 3 aliphatic heterocycles. The Balaban J connectivity index is 1.12. The molecule has 0 saturated heterocycles. The van der Waals surface area contributed by atoms with Gasteiger partial charge in [-0.1, -0.05) is 146 Å². The molecule has 280 valence electrons. The number of aromatic nitrogens is 1. The second kappa shape index (κ2) is 12.7. The number of para-hydroxylation sites is 4. The average molecular weight is 783 g/mol. The van der Waals surface area contributed by atoms with Crippen molar-refractivity contribution in [3.8, 4) is 28.7 Å². The van der Waals surface area contributed by atoms with Gasteiger partial charge in [-0.2, -0.15) is 0 Å². The molecule has 0 atom stereocenters. The van der Waals surface area contributed by atoms with Gasteiger partial charge in [0.15, 0.2) is 8.07 Å². The van der Waals surface area contributed by atoms with Gasteiger partial charge in [0.2, 0.25) is 0 Å². The molecule has 10 aromatic rings. The fraction of sp³-hybridized carbons (Fsp3) is 0. The molecule has 0 bridgehead atoms. The number of fused-ring (bicyclic) bond motifs is 9. The summed E-state index contributed by atoms with van der Waals surface area (Å²) >= 11 is 0. The molecule has 0 amide bonds. The van der Waals surface area contributed by atoms with E-state index in [1.54, 1.807) is 0 Å². The first-order chi connectivity index (χ1) is 29.8. The molecule has 0 saturated carbocycles. The minimum Gasteiger partial charge on any atom is -0.458 e. The largest absolute Gasteiger partial charge is 0.458 e. The third-order valence-electron chi connectivity index (χ3n) is 13.0. The van der Waals surface area contributed by atoms with Crippen molar-refractivity contribution in [1.29, 1.82) is 0 Å². The first-order valence-corrected chi connectivity index (χ1v) is 22.6. The first kappa shape index (κ1) is 33.4. The summed E-state index contributed by atoms with van der Waals surface area (Å²) in [7, 11) is -2.90. The van der Waals surface area contributed by atoms with E-state index < -0.39 is 8.07 Å². The standard InChI is InChI=1S/C54H35BN2O2Si/c1-3-16-38(17-4-1)60(39-18-5-2-6-19-39)52-29-14-12-25-46(52)57(47-35-37(31-33-53(47)60)56-44-23-10-7-20-40(44)41-21-8-11-24-45(41)56)36-30-32-49-43(34-36)55-42-22-9-13-26-48(42)58-50-27-15-28-51(59-49)54(50)55/h1-35H. The Bertz CT molecular complexity index is 3260. The lowest BCUT2D eigenvalue weighted by atomic mass is 9.35. The van der Waals surface area contributed by atoms with E-state index in [4.69, 9.17) is 9.47 Å². The SMILES string of the molecule is c1ccc([Si]2(c3ccccc3)c3ccccc3N(c3ccc4c(c3)B3c5ccccc5Oc5cccc(c53)O4)c3cc(-n4c5ccccc5c5ccccc54)ccc32)cc1. The highest BCUT2D eigenvalue weighted by Crippen LogP contribution is 2.42. The van der Waals surface area contributed by atoms with Crippen molar-refractivity contribution in [2.24, 2.45) is 0 Å². The van der Waals surface area contributed by atoms with Crippen LogP contribution in [0.4, 0.5) is 17.1 Å². The van der Waals surface area contributed by atoms with E-state index in [1.807, 2.05) is 6.07 Å². The Morgan fingerprint density at radius 2 is 0.933 bits per heavy atom. The van der Waals surface area contributed by atoms with Crippen LogP contribution in [0.25, 0.3) is 27.5 Å². The average Bonchev–Trinajstić information content (AvgIpc) is 3.65. The fourth-order valence-electron chi connectivity index (χ4n) is 10.6. The van der Waals surface area contributed by atoms with Crippen LogP contribution in [0.2, 0.25) is 0 Å². The van der Waals surface area contributed by atoms with Crippen LogP contribution in [0.1, 0.15) is 0 Å². The number of rotatable bonds is 4. The summed E-state index contributed by atoms with van der Waals surface area (Å²) in [4.78, 5) is 2.52. The highest BCUT2D eigenvalue weighted by atomic mass is 28.3. The van der Waals surface area contributed by atoms with Crippen LogP contribution in [0.15, 0.2) is 212 Å². The van der Waals surface area contributed by atoms with E-state index in [0.29, 0.717) is 0 Å². The number of benzene rings is 9. The van der Waals surface area contributed by atoms with Gasteiger partial charge in [-0.05, 0) is 98.4 Å². The first-order valence-electron chi connectivity index (χ1n) is 20.6. The summed E-state index contributed by atoms with van der Waals surface area (Å²) in [5.74, 6) is 3.44. The fourth-order valence-corrected chi connectivity index (χ4v) is 15.7. The summed E-state index contributed by atoms with van der Waals surface area (Å²) < 4.78 is 15.7. The van der Waals surface area contributed by atoms with Gasteiger partial charge in [0, 0.05) is 39.0 Å². The summed E-state index contributed by atoms with van der Waals surface area (Å²) in [6.45, 7) is -0.0459. The molecule has 4 nitrogen and oxygen atoms in total. The van der Waals surface area contributed by atoms with E-state index in [0.717, 1.165) is 50.8 Å². The molecule has 0 radical (unpaired) electrons. The van der Waals surface area contributed by atoms with Crippen LogP contribution in [0, 0.1) is 0 Å². The van der Waals surface area contributed by atoms with E-state index >= 15 is 0 Å². The van der Waals surface area contributed by atoms with E-state index in [-0.39, 0.29) is 6.71 Å². The Hall–Kier alpha value is -7.54. The molecular weight excluding hydrogens is 748 g/mol. The van der Waals surface area contributed by atoms with E-state index in [9.17, 15) is 0 Å². The van der Waals surface area contributed by atoms with Crippen molar-refractivity contribution in [1.82, 2.24) is 4.57 Å². The van der Waals surface area contributed by atoms with Gasteiger partial charge in [0.1, 0.15) is 23.0 Å². The predicted octanol–water partition coefficient (Wildman–Crippen LogP) is 8.67. The van der Waals surface area contributed by atoms with Crippen LogP contribution >= 0.6 is 0 Å². The second-order valence-electron chi connectivity index (χ2n) is 16.0. The molecule has 60 heavy (non-hydrogen) atoms. The molecule has 13 rings (SSSR count). The smallest absolute Gasteiger partial charge is 0.260 e. The third-order valence-corrected chi connectivity index (χ3v) is 17.8. The lowest BCUT2D eigenvalue weighted by Gasteiger charge is -2.45. The molecule has 9 aromatic carbocycles.